The van der Waals surface area contributed by atoms with E-state index in [2.05, 4.69) is 32.0 Å². The maximum absolute atomic E-state index is 9.29. The quantitative estimate of drug-likeness (QED) is 0.636. The highest BCUT2D eigenvalue weighted by atomic mass is 79.9. The summed E-state index contributed by atoms with van der Waals surface area (Å²) < 4.78 is 2.98. The third-order valence-electron chi connectivity index (χ3n) is 3.04. The minimum Gasteiger partial charge on any atom is -0.284 e. The number of aromatic nitrogens is 3. The number of imidazole rings is 1. The van der Waals surface area contributed by atoms with Gasteiger partial charge in [-0.15, -0.1) is 11.3 Å². The third kappa shape index (κ3) is 2.71. The van der Waals surface area contributed by atoms with E-state index in [9.17, 15) is 5.26 Å². The van der Waals surface area contributed by atoms with E-state index in [0.29, 0.717) is 11.3 Å². The number of thiazole rings is 1. The zero-order chi connectivity index (χ0) is 15.0. The molecule has 3 heterocycles. The lowest BCUT2D eigenvalue weighted by Crippen LogP contribution is -1.95. The zero-order valence-electron chi connectivity index (χ0n) is 11.4. The van der Waals surface area contributed by atoms with Crippen molar-refractivity contribution < 1.29 is 0 Å². The summed E-state index contributed by atoms with van der Waals surface area (Å²) in [5.74, 6) is 0.680. The molecule has 0 saturated heterocycles. The fourth-order valence-corrected chi connectivity index (χ4v) is 4.66. The normalized spacial score (nSPS) is 11.0. The highest BCUT2D eigenvalue weighted by Gasteiger charge is 2.14. The second kappa shape index (κ2) is 5.79. The van der Waals surface area contributed by atoms with Crippen molar-refractivity contribution in [3.8, 4) is 6.07 Å². The Morgan fingerprint density at radius 2 is 2.24 bits per heavy atom. The van der Waals surface area contributed by atoms with Crippen molar-refractivity contribution in [1.29, 1.82) is 5.26 Å². The summed E-state index contributed by atoms with van der Waals surface area (Å²) >= 11 is 6.73. The van der Waals surface area contributed by atoms with Crippen LogP contribution in [0.2, 0.25) is 0 Å². The molecule has 0 aliphatic heterocycles. The highest BCUT2D eigenvalue weighted by Crippen LogP contribution is 2.30. The summed E-state index contributed by atoms with van der Waals surface area (Å²) in [6, 6.07) is 4.18. The van der Waals surface area contributed by atoms with E-state index in [4.69, 9.17) is 0 Å². The molecule has 0 saturated carbocycles. The van der Waals surface area contributed by atoms with Gasteiger partial charge in [-0.2, -0.15) is 5.26 Å². The summed E-state index contributed by atoms with van der Waals surface area (Å²) in [6.07, 6.45) is 1.99. The highest BCUT2D eigenvalue weighted by molar-refractivity contribution is 9.10. The molecule has 7 heteroatoms. The Bertz CT molecular complexity index is 860. The van der Waals surface area contributed by atoms with Crippen molar-refractivity contribution in [3.05, 3.63) is 44.8 Å². The third-order valence-corrected chi connectivity index (χ3v) is 5.62. The van der Waals surface area contributed by atoms with Crippen LogP contribution < -0.4 is 0 Å². The van der Waals surface area contributed by atoms with Gasteiger partial charge in [0.2, 0.25) is 0 Å². The predicted molar refractivity (Wildman–Crippen MR) is 88.8 cm³/mol. The molecule has 0 atom stereocenters. The summed E-state index contributed by atoms with van der Waals surface area (Å²) in [5, 5.41) is 12.1. The fraction of sp³-hybridized carbons (Fsp3) is 0.214. The number of aryl methyl sites for hydroxylation is 2. The van der Waals surface area contributed by atoms with E-state index >= 15 is 0 Å². The predicted octanol–water partition coefficient (Wildman–Crippen LogP) is 4.33. The molecule has 3 aromatic rings. The minimum absolute atomic E-state index is 0.655. The van der Waals surface area contributed by atoms with Crippen molar-refractivity contribution in [2.24, 2.45) is 0 Å². The second-order valence-electron chi connectivity index (χ2n) is 4.57. The molecule has 0 aliphatic rings. The van der Waals surface area contributed by atoms with E-state index in [0.717, 1.165) is 31.5 Å². The fourth-order valence-electron chi connectivity index (χ4n) is 2.07. The first-order chi connectivity index (χ1) is 10.1. The lowest BCUT2D eigenvalue weighted by atomic mass is 10.1. The van der Waals surface area contributed by atoms with Crippen molar-refractivity contribution in [1.82, 2.24) is 14.4 Å². The number of hydrogen-bond acceptors (Lipinski definition) is 5. The lowest BCUT2D eigenvalue weighted by molar-refractivity contribution is 1.03. The molecule has 0 bridgehead atoms. The Balaban J connectivity index is 1.90. The second-order valence-corrected chi connectivity index (χ2v) is 7.15. The van der Waals surface area contributed by atoms with Crippen LogP contribution in [0.1, 0.15) is 22.5 Å². The topological polar surface area (TPSA) is 54.0 Å². The van der Waals surface area contributed by atoms with Crippen LogP contribution in [0.3, 0.4) is 0 Å². The standard InChI is InChI=1S/C14H11BrN4S2/c1-8-5-9(2)17-13(10(8)6-16)21-7-11-12(15)19-3-4-20-14(19)18-11/h3-5H,7H2,1-2H3. The van der Waals surface area contributed by atoms with E-state index < -0.39 is 0 Å². The van der Waals surface area contributed by atoms with E-state index in [1.165, 1.54) is 0 Å². The Morgan fingerprint density at radius 1 is 1.43 bits per heavy atom. The van der Waals surface area contributed by atoms with E-state index in [1.54, 1.807) is 23.1 Å². The van der Waals surface area contributed by atoms with Gasteiger partial charge < -0.3 is 0 Å². The molecule has 21 heavy (non-hydrogen) atoms. The van der Waals surface area contributed by atoms with Gasteiger partial charge in [0.05, 0.1) is 11.3 Å². The number of thioether (sulfide) groups is 1. The first kappa shape index (κ1) is 14.6. The molecule has 3 aromatic heterocycles. The molecule has 0 amide bonds. The molecule has 0 aliphatic carbocycles. The van der Waals surface area contributed by atoms with Crippen LogP contribution in [0.25, 0.3) is 4.96 Å². The van der Waals surface area contributed by atoms with Crippen molar-refractivity contribution >= 4 is 44.0 Å². The summed E-state index contributed by atoms with van der Waals surface area (Å²) in [4.78, 5) is 10.0. The van der Waals surface area contributed by atoms with Gasteiger partial charge in [-0.25, -0.2) is 9.97 Å². The van der Waals surface area contributed by atoms with Crippen LogP contribution in [0.15, 0.2) is 27.3 Å². The Hall–Kier alpha value is -1.36. The van der Waals surface area contributed by atoms with Crippen molar-refractivity contribution in [2.45, 2.75) is 24.6 Å². The Labute approximate surface area is 139 Å². The van der Waals surface area contributed by atoms with Gasteiger partial charge in [0.25, 0.3) is 0 Å². The molecule has 106 valence electrons. The molecular formula is C14H11BrN4S2. The zero-order valence-corrected chi connectivity index (χ0v) is 14.6. The number of pyridine rings is 1. The summed E-state index contributed by atoms with van der Waals surface area (Å²) in [7, 11) is 0. The number of nitriles is 1. The molecule has 0 fully saturated rings. The monoisotopic (exact) mass is 378 g/mol. The first-order valence-corrected chi connectivity index (χ1v) is 8.87. The minimum atomic E-state index is 0.655. The maximum Gasteiger partial charge on any atom is 0.194 e. The van der Waals surface area contributed by atoms with Gasteiger partial charge in [-0.1, -0.05) is 11.8 Å². The largest absolute Gasteiger partial charge is 0.284 e. The molecule has 4 nitrogen and oxygen atoms in total. The van der Waals surface area contributed by atoms with Crippen LogP contribution in [-0.4, -0.2) is 14.4 Å². The van der Waals surface area contributed by atoms with Gasteiger partial charge in [0.15, 0.2) is 4.96 Å². The molecule has 0 unspecified atom stereocenters. The van der Waals surface area contributed by atoms with Crippen LogP contribution in [-0.2, 0) is 5.75 Å². The molecule has 0 aromatic carbocycles. The Morgan fingerprint density at radius 3 is 2.95 bits per heavy atom. The SMILES string of the molecule is Cc1cc(C)c(C#N)c(SCc2nc3sccn3c2Br)n1. The van der Waals surface area contributed by atoms with Gasteiger partial charge >= 0.3 is 0 Å². The molecule has 0 radical (unpaired) electrons. The molecular weight excluding hydrogens is 368 g/mol. The van der Waals surface area contributed by atoms with Crippen molar-refractivity contribution in [3.63, 3.8) is 0 Å². The van der Waals surface area contributed by atoms with Gasteiger partial charge in [0, 0.05) is 23.0 Å². The van der Waals surface area contributed by atoms with Crippen LogP contribution >= 0.6 is 39.0 Å². The molecule has 0 spiro atoms. The van der Waals surface area contributed by atoms with Crippen LogP contribution in [0.5, 0.6) is 0 Å². The van der Waals surface area contributed by atoms with Gasteiger partial charge in [-0.3, -0.25) is 4.40 Å². The average Bonchev–Trinajstić information content (AvgIpc) is 3.00. The number of nitrogens with zero attached hydrogens (tertiary/aromatic N) is 4. The average molecular weight is 379 g/mol. The number of rotatable bonds is 3. The van der Waals surface area contributed by atoms with E-state index in [-0.39, 0.29) is 0 Å². The molecule has 0 N–H and O–H groups in total. The summed E-state index contributed by atoms with van der Waals surface area (Å²) in [5.41, 5.74) is 3.52. The first-order valence-electron chi connectivity index (χ1n) is 6.21. The number of hydrogen-bond donors (Lipinski definition) is 0. The van der Waals surface area contributed by atoms with E-state index in [1.807, 2.05) is 35.9 Å². The molecule has 3 rings (SSSR count). The van der Waals surface area contributed by atoms with Gasteiger partial charge in [-0.05, 0) is 41.4 Å². The lowest BCUT2D eigenvalue weighted by Gasteiger charge is -2.06. The maximum atomic E-state index is 9.29. The Kier molecular flexibility index (Phi) is 4.02. The summed E-state index contributed by atoms with van der Waals surface area (Å²) in [6.45, 7) is 3.89. The number of fused-ring (bicyclic) bond motifs is 1. The van der Waals surface area contributed by atoms with Crippen LogP contribution in [0.4, 0.5) is 0 Å². The van der Waals surface area contributed by atoms with Crippen LogP contribution in [0, 0.1) is 25.2 Å². The smallest absolute Gasteiger partial charge is 0.194 e. The van der Waals surface area contributed by atoms with Crippen molar-refractivity contribution in [2.75, 3.05) is 0 Å². The number of halogens is 1. The van der Waals surface area contributed by atoms with Gasteiger partial charge in [0.1, 0.15) is 15.7 Å².